The third kappa shape index (κ3) is 1.17. The van der Waals surface area contributed by atoms with Gasteiger partial charge in [-0.1, -0.05) is 0 Å². The Morgan fingerprint density at radius 2 is 2.44 bits per heavy atom. The van der Waals surface area contributed by atoms with Crippen LogP contribution >= 0.6 is 12.2 Å². The summed E-state index contributed by atoms with van der Waals surface area (Å²) in [4.78, 5) is 12.1. The summed E-state index contributed by atoms with van der Waals surface area (Å²) in [5.41, 5.74) is 5.28. The maximum atomic E-state index is 10.7. The van der Waals surface area contributed by atoms with Crippen LogP contribution in [0.15, 0.2) is 0 Å². The molecule has 0 aliphatic carbocycles. The van der Waals surface area contributed by atoms with E-state index in [1.54, 1.807) is 7.05 Å². The summed E-state index contributed by atoms with van der Waals surface area (Å²) in [6, 6.07) is 0. The number of carbonyl (C=O) groups excluding carboxylic acids is 1. The van der Waals surface area contributed by atoms with Crippen LogP contribution in [-0.4, -0.2) is 29.5 Å². The molecule has 0 aromatic heterocycles. The highest BCUT2D eigenvalue weighted by Crippen LogP contribution is 1.88. The van der Waals surface area contributed by atoms with E-state index in [0.29, 0.717) is 11.7 Å². The first-order valence-corrected chi connectivity index (χ1v) is 2.92. The van der Waals surface area contributed by atoms with Crippen LogP contribution in [-0.2, 0) is 4.79 Å². The SMILES string of the molecule is CN1C(=O)CNNC1=S. The van der Waals surface area contributed by atoms with Gasteiger partial charge in [0.15, 0.2) is 5.11 Å². The lowest BCUT2D eigenvalue weighted by atomic mass is 10.5. The molecule has 1 aliphatic heterocycles. The first kappa shape index (κ1) is 6.44. The van der Waals surface area contributed by atoms with Crippen LogP contribution in [0.25, 0.3) is 0 Å². The van der Waals surface area contributed by atoms with Gasteiger partial charge in [-0.2, -0.15) is 0 Å². The van der Waals surface area contributed by atoms with Gasteiger partial charge in [0, 0.05) is 7.05 Å². The van der Waals surface area contributed by atoms with Gasteiger partial charge in [0.25, 0.3) is 0 Å². The molecular weight excluding hydrogens is 138 g/mol. The summed E-state index contributed by atoms with van der Waals surface area (Å²) in [5.74, 6) is -0.0150. The van der Waals surface area contributed by atoms with Gasteiger partial charge in [0.1, 0.15) is 0 Å². The summed E-state index contributed by atoms with van der Waals surface area (Å²) < 4.78 is 0. The van der Waals surface area contributed by atoms with E-state index in [2.05, 4.69) is 10.9 Å². The predicted molar refractivity (Wildman–Crippen MR) is 36.5 cm³/mol. The molecule has 1 saturated heterocycles. The average Bonchev–Trinajstić information content (AvgIpc) is 1.83. The zero-order valence-corrected chi connectivity index (χ0v) is 5.79. The Morgan fingerprint density at radius 3 is 2.89 bits per heavy atom. The summed E-state index contributed by atoms with van der Waals surface area (Å²) >= 11 is 4.74. The number of nitrogens with one attached hydrogen (secondary N) is 2. The number of likely N-dealkylation sites (N-methyl/N-ethyl adjacent to an activating group) is 1. The molecule has 1 fully saturated rings. The Kier molecular flexibility index (Phi) is 1.63. The lowest BCUT2D eigenvalue weighted by Gasteiger charge is -2.24. The van der Waals surface area contributed by atoms with Crippen LogP contribution < -0.4 is 10.9 Å². The smallest absolute Gasteiger partial charge is 0.244 e. The maximum Gasteiger partial charge on any atom is 0.244 e. The highest BCUT2D eigenvalue weighted by Gasteiger charge is 2.16. The van der Waals surface area contributed by atoms with Gasteiger partial charge in [-0.25, -0.2) is 5.43 Å². The summed E-state index contributed by atoms with van der Waals surface area (Å²) in [7, 11) is 1.64. The molecule has 0 atom stereocenters. The number of thiocarbonyl (C=S) groups is 1. The molecule has 0 aromatic rings. The molecule has 50 valence electrons. The topological polar surface area (TPSA) is 44.4 Å². The number of hydrogen-bond donors (Lipinski definition) is 2. The highest BCUT2D eigenvalue weighted by molar-refractivity contribution is 7.80. The van der Waals surface area contributed by atoms with E-state index in [4.69, 9.17) is 12.2 Å². The standard InChI is InChI=1S/C4H7N3OS/c1-7-3(8)2-5-6-4(7)9/h5H,2H2,1H3,(H,6,9). The molecule has 0 unspecified atom stereocenters. The van der Waals surface area contributed by atoms with Crippen molar-refractivity contribution in [3.8, 4) is 0 Å². The largest absolute Gasteiger partial charge is 0.297 e. The van der Waals surface area contributed by atoms with Crippen molar-refractivity contribution < 1.29 is 4.79 Å². The van der Waals surface area contributed by atoms with Gasteiger partial charge in [0.05, 0.1) is 6.54 Å². The minimum atomic E-state index is -0.0150. The van der Waals surface area contributed by atoms with Crippen LogP contribution in [0.4, 0.5) is 0 Å². The van der Waals surface area contributed by atoms with E-state index in [1.807, 2.05) is 0 Å². The molecule has 0 saturated carbocycles. The average molecular weight is 145 g/mol. The first-order valence-electron chi connectivity index (χ1n) is 2.51. The van der Waals surface area contributed by atoms with Crippen LogP contribution in [0.2, 0.25) is 0 Å². The normalized spacial score (nSPS) is 19.9. The minimum Gasteiger partial charge on any atom is -0.297 e. The summed E-state index contributed by atoms with van der Waals surface area (Å²) in [6.45, 7) is 0.302. The van der Waals surface area contributed by atoms with Crippen LogP contribution in [0, 0.1) is 0 Å². The highest BCUT2D eigenvalue weighted by atomic mass is 32.1. The Labute approximate surface area is 58.2 Å². The number of carbonyl (C=O) groups is 1. The number of amides is 1. The first-order chi connectivity index (χ1) is 4.22. The number of rotatable bonds is 0. The van der Waals surface area contributed by atoms with Crippen molar-refractivity contribution in [2.75, 3.05) is 13.6 Å². The lowest BCUT2D eigenvalue weighted by molar-refractivity contribution is -0.126. The van der Waals surface area contributed by atoms with E-state index in [9.17, 15) is 4.79 Å². The fraction of sp³-hybridized carbons (Fsp3) is 0.500. The fourth-order valence-corrected chi connectivity index (χ4v) is 0.685. The summed E-state index contributed by atoms with van der Waals surface area (Å²) in [6.07, 6.45) is 0. The molecule has 1 heterocycles. The Balaban J connectivity index is 2.62. The van der Waals surface area contributed by atoms with Crippen molar-refractivity contribution in [1.82, 2.24) is 15.8 Å². The van der Waals surface area contributed by atoms with Crippen LogP contribution in [0.1, 0.15) is 0 Å². The molecule has 0 bridgehead atoms. The molecule has 1 aliphatic rings. The van der Waals surface area contributed by atoms with Crippen molar-refractivity contribution in [2.45, 2.75) is 0 Å². The monoisotopic (exact) mass is 145 g/mol. The molecule has 0 spiro atoms. The predicted octanol–water partition coefficient (Wildman–Crippen LogP) is -1.16. The summed E-state index contributed by atoms with van der Waals surface area (Å²) in [5, 5.41) is 0.422. The number of nitrogens with zero attached hydrogens (tertiary/aromatic N) is 1. The minimum absolute atomic E-state index is 0.0150. The van der Waals surface area contributed by atoms with Crippen molar-refractivity contribution in [2.24, 2.45) is 0 Å². The Hall–Kier alpha value is -0.680. The Bertz CT molecular complexity index is 142. The van der Waals surface area contributed by atoms with Gasteiger partial charge in [-0.3, -0.25) is 15.1 Å². The van der Waals surface area contributed by atoms with Crippen LogP contribution in [0.3, 0.4) is 0 Å². The number of hydrogen-bond acceptors (Lipinski definition) is 3. The molecule has 1 amide bonds. The molecule has 5 heteroatoms. The third-order valence-corrected chi connectivity index (χ3v) is 1.49. The van der Waals surface area contributed by atoms with E-state index in [0.717, 1.165) is 0 Å². The maximum absolute atomic E-state index is 10.7. The molecule has 9 heavy (non-hydrogen) atoms. The van der Waals surface area contributed by atoms with E-state index >= 15 is 0 Å². The zero-order chi connectivity index (χ0) is 6.85. The fourth-order valence-electron chi connectivity index (χ4n) is 0.511. The van der Waals surface area contributed by atoms with Gasteiger partial charge in [-0.05, 0) is 12.2 Å². The van der Waals surface area contributed by atoms with Gasteiger partial charge in [-0.15, -0.1) is 0 Å². The van der Waals surface area contributed by atoms with Crippen molar-refractivity contribution in [1.29, 1.82) is 0 Å². The molecule has 2 N–H and O–H groups in total. The second-order valence-corrected chi connectivity index (χ2v) is 2.12. The Morgan fingerprint density at radius 1 is 1.78 bits per heavy atom. The molecule has 1 rings (SSSR count). The molecular formula is C4H7N3OS. The third-order valence-electron chi connectivity index (χ3n) is 1.11. The lowest BCUT2D eigenvalue weighted by Crippen LogP contribution is -2.56. The van der Waals surface area contributed by atoms with Gasteiger partial charge < -0.3 is 0 Å². The molecule has 0 aromatic carbocycles. The van der Waals surface area contributed by atoms with Crippen molar-refractivity contribution in [3.63, 3.8) is 0 Å². The second-order valence-electron chi connectivity index (χ2n) is 1.74. The van der Waals surface area contributed by atoms with E-state index < -0.39 is 0 Å². The van der Waals surface area contributed by atoms with E-state index in [-0.39, 0.29) is 5.91 Å². The van der Waals surface area contributed by atoms with Crippen LogP contribution in [0.5, 0.6) is 0 Å². The quantitative estimate of drug-likeness (QED) is 0.422. The molecule has 4 nitrogen and oxygen atoms in total. The zero-order valence-electron chi connectivity index (χ0n) is 4.97. The van der Waals surface area contributed by atoms with E-state index in [1.165, 1.54) is 4.90 Å². The second kappa shape index (κ2) is 2.28. The molecule has 0 radical (unpaired) electrons. The van der Waals surface area contributed by atoms with Gasteiger partial charge >= 0.3 is 0 Å². The number of hydrazine groups is 1. The van der Waals surface area contributed by atoms with Crippen molar-refractivity contribution >= 4 is 23.2 Å². The van der Waals surface area contributed by atoms with Gasteiger partial charge in [0.2, 0.25) is 5.91 Å². The van der Waals surface area contributed by atoms with Crippen molar-refractivity contribution in [3.05, 3.63) is 0 Å².